The molecule has 0 aliphatic carbocycles. The average Bonchev–Trinajstić information content (AvgIpc) is 2.59. The standard InChI is InChI=1S/C25H28O4/c1-15(26)17-7-9-21-19(11-17)23(3,4)13-25(28-21)14-24(5,6)20-12-18(16(2)27)8-10-22(20)29-25/h7-12H,13-14H2,1-6H3. The molecule has 4 nitrogen and oxygen atoms in total. The van der Waals surface area contributed by atoms with E-state index in [9.17, 15) is 9.59 Å². The monoisotopic (exact) mass is 392 g/mol. The highest BCUT2D eigenvalue weighted by molar-refractivity contribution is 5.95. The van der Waals surface area contributed by atoms with Gasteiger partial charge in [-0.3, -0.25) is 9.59 Å². The molecule has 0 radical (unpaired) electrons. The molecule has 2 aromatic carbocycles. The van der Waals surface area contributed by atoms with E-state index in [4.69, 9.17) is 9.47 Å². The molecule has 0 saturated heterocycles. The van der Waals surface area contributed by atoms with Gasteiger partial charge >= 0.3 is 0 Å². The molecular formula is C25H28O4. The van der Waals surface area contributed by atoms with Gasteiger partial charge in [0.05, 0.1) is 0 Å². The Bertz CT molecular complexity index is 946. The summed E-state index contributed by atoms with van der Waals surface area (Å²) >= 11 is 0. The van der Waals surface area contributed by atoms with Gasteiger partial charge in [-0.15, -0.1) is 0 Å². The first kappa shape index (κ1) is 19.7. The van der Waals surface area contributed by atoms with Crippen LogP contribution in [0.5, 0.6) is 11.5 Å². The van der Waals surface area contributed by atoms with Gasteiger partial charge in [0.15, 0.2) is 11.6 Å². The van der Waals surface area contributed by atoms with E-state index < -0.39 is 5.79 Å². The van der Waals surface area contributed by atoms with Crippen molar-refractivity contribution in [3.05, 3.63) is 58.7 Å². The summed E-state index contributed by atoms with van der Waals surface area (Å²) in [6, 6.07) is 11.3. The van der Waals surface area contributed by atoms with Crippen LogP contribution in [-0.4, -0.2) is 17.4 Å². The van der Waals surface area contributed by atoms with Crippen molar-refractivity contribution in [1.29, 1.82) is 0 Å². The summed E-state index contributed by atoms with van der Waals surface area (Å²) in [4.78, 5) is 23.7. The second-order valence-electron chi connectivity index (χ2n) is 9.77. The third kappa shape index (κ3) is 3.25. The summed E-state index contributed by atoms with van der Waals surface area (Å²) in [5.74, 6) is 0.850. The minimum absolute atomic E-state index is 0.0501. The molecule has 0 fully saturated rings. The molecule has 0 atom stereocenters. The van der Waals surface area contributed by atoms with E-state index in [0.29, 0.717) is 24.0 Å². The number of carbonyl (C=O) groups excluding carboxylic acids is 2. The van der Waals surface area contributed by atoms with Crippen molar-refractivity contribution in [2.24, 2.45) is 0 Å². The van der Waals surface area contributed by atoms with E-state index in [1.807, 2.05) is 36.4 Å². The fourth-order valence-corrected chi connectivity index (χ4v) is 4.90. The predicted molar refractivity (Wildman–Crippen MR) is 112 cm³/mol. The van der Waals surface area contributed by atoms with Gasteiger partial charge in [-0.2, -0.15) is 0 Å². The molecule has 4 heteroatoms. The lowest BCUT2D eigenvalue weighted by atomic mass is 9.69. The Labute approximate surface area is 172 Å². The zero-order valence-electron chi connectivity index (χ0n) is 18.0. The molecule has 0 aromatic heterocycles. The first-order chi connectivity index (χ1) is 13.4. The third-order valence-corrected chi connectivity index (χ3v) is 6.24. The molecule has 0 N–H and O–H groups in total. The maximum Gasteiger partial charge on any atom is 0.252 e. The van der Waals surface area contributed by atoms with Crippen molar-refractivity contribution < 1.29 is 19.1 Å². The van der Waals surface area contributed by atoms with Crippen LogP contribution in [-0.2, 0) is 10.8 Å². The average molecular weight is 392 g/mol. The number of hydrogen-bond acceptors (Lipinski definition) is 4. The molecule has 2 heterocycles. The lowest BCUT2D eigenvalue weighted by molar-refractivity contribution is -0.166. The Hall–Kier alpha value is -2.62. The Kier molecular flexibility index (Phi) is 4.20. The molecule has 4 rings (SSSR count). The highest BCUT2D eigenvalue weighted by Crippen LogP contribution is 2.53. The topological polar surface area (TPSA) is 52.6 Å². The van der Waals surface area contributed by atoms with Gasteiger partial charge in [0, 0.05) is 45.9 Å². The van der Waals surface area contributed by atoms with Gasteiger partial charge in [0.25, 0.3) is 5.79 Å². The number of benzene rings is 2. The molecule has 1 spiro atoms. The number of carbonyl (C=O) groups is 2. The van der Waals surface area contributed by atoms with Crippen LogP contribution in [0.2, 0.25) is 0 Å². The molecule has 29 heavy (non-hydrogen) atoms. The van der Waals surface area contributed by atoms with Crippen LogP contribution in [0.15, 0.2) is 36.4 Å². The fourth-order valence-electron chi connectivity index (χ4n) is 4.90. The molecule has 0 amide bonds. The summed E-state index contributed by atoms with van der Waals surface area (Å²) in [5.41, 5.74) is 3.04. The summed E-state index contributed by atoms with van der Waals surface area (Å²) in [7, 11) is 0. The van der Waals surface area contributed by atoms with Crippen LogP contribution in [0.4, 0.5) is 0 Å². The number of rotatable bonds is 2. The van der Waals surface area contributed by atoms with Crippen molar-refractivity contribution in [1.82, 2.24) is 0 Å². The molecule has 0 saturated carbocycles. The highest BCUT2D eigenvalue weighted by Gasteiger charge is 2.53. The van der Waals surface area contributed by atoms with Gasteiger partial charge in [0.1, 0.15) is 11.5 Å². The number of ether oxygens (including phenoxy) is 2. The summed E-state index contributed by atoms with van der Waals surface area (Å²) in [6.07, 6.45) is 1.34. The van der Waals surface area contributed by atoms with Crippen molar-refractivity contribution in [2.45, 2.75) is 71.0 Å². The van der Waals surface area contributed by atoms with Crippen LogP contribution in [0.1, 0.15) is 86.2 Å². The maximum absolute atomic E-state index is 11.8. The Balaban J connectivity index is 1.78. The van der Waals surface area contributed by atoms with Gasteiger partial charge in [0.2, 0.25) is 0 Å². The van der Waals surface area contributed by atoms with Crippen LogP contribution in [0, 0.1) is 0 Å². The van der Waals surface area contributed by atoms with Crippen LogP contribution in [0.25, 0.3) is 0 Å². The molecule has 2 aliphatic heterocycles. The van der Waals surface area contributed by atoms with Gasteiger partial charge in [-0.05, 0) is 50.2 Å². The smallest absolute Gasteiger partial charge is 0.252 e. The zero-order valence-corrected chi connectivity index (χ0v) is 18.0. The Morgan fingerprint density at radius 2 is 1.10 bits per heavy atom. The first-order valence-electron chi connectivity index (χ1n) is 10.1. The molecule has 2 aromatic rings. The number of hydrogen-bond donors (Lipinski definition) is 0. The van der Waals surface area contributed by atoms with E-state index in [1.165, 1.54) is 0 Å². The normalized spacial score (nSPS) is 20.1. The number of ketones is 2. The Morgan fingerprint density at radius 1 is 0.724 bits per heavy atom. The van der Waals surface area contributed by atoms with E-state index in [1.54, 1.807) is 13.8 Å². The van der Waals surface area contributed by atoms with Crippen molar-refractivity contribution in [2.75, 3.05) is 0 Å². The van der Waals surface area contributed by atoms with Crippen LogP contribution < -0.4 is 9.47 Å². The zero-order chi connectivity index (χ0) is 21.2. The van der Waals surface area contributed by atoms with Crippen molar-refractivity contribution >= 4 is 11.6 Å². The second kappa shape index (κ2) is 6.19. The molecule has 2 aliphatic rings. The molecule has 152 valence electrons. The summed E-state index contributed by atoms with van der Waals surface area (Å²) < 4.78 is 13.0. The van der Waals surface area contributed by atoms with E-state index in [-0.39, 0.29) is 22.4 Å². The van der Waals surface area contributed by atoms with E-state index in [0.717, 1.165) is 22.6 Å². The van der Waals surface area contributed by atoms with Gasteiger partial charge < -0.3 is 9.47 Å². The van der Waals surface area contributed by atoms with E-state index >= 15 is 0 Å². The quantitative estimate of drug-likeness (QED) is 0.624. The van der Waals surface area contributed by atoms with Gasteiger partial charge in [-0.1, -0.05) is 27.7 Å². The lowest BCUT2D eigenvalue weighted by Crippen LogP contribution is -2.55. The SMILES string of the molecule is CC(=O)c1ccc2c(c1)C(C)(C)CC1(CC(C)(C)c3cc(C(C)=O)ccc3O1)O2. The third-order valence-electron chi connectivity index (χ3n) is 6.24. The maximum atomic E-state index is 11.8. The largest absolute Gasteiger partial charge is 0.452 e. The predicted octanol–water partition coefficient (Wildman–Crippen LogP) is 5.61. The second-order valence-corrected chi connectivity index (χ2v) is 9.77. The minimum atomic E-state index is -0.789. The Morgan fingerprint density at radius 3 is 1.45 bits per heavy atom. The van der Waals surface area contributed by atoms with E-state index in [2.05, 4.69) is 27.7 Å². The fraction of sp³-hybridized carbons (Fsp3) is 0.440. The molecular weight excluding hydrogens is 364 g/mol. The summed E-state index contributed by atoms with van der Waals surface area (Å²) in [6.45, 7) is 11.8. The molecule has 0 bridgehead atoms. The van der Waals surface area contributed by atoms with Crippen molar-refractivity contribution in [3.63, 3.8) is 0 Å². The van der Waals surface area contributed by atoms with Crippen molar-refractivity contribution in [3.8, 4) is 11.5 Å². The van der Waals surface area contributed by atoms with Crippen LogP contribution >= 0.6 is 0 Å². The number of fused-ring (bicyclic) bond motifs is 2. The van der Waals surface area contributed by atoms with Crippen LogP contribution in [0.3, 0.4) is 0 Å². The minimum Gasteiger partial charge on any atom is -0.452 e. The van der Waals surface area contributed by atoms with Gasteiger partial charge in [-0.25, -0.2) is 0 Å². The number of Topliss-reactive ketones (excluding diaryl/α,β-unsaturated/α-hetero) is 2. The molecule has 0 unspecified atom stereocenters. The lowest BCUT2D eigenvalue weighted by Gasteiger charge is -2.51. The highest BCUT2D eigenvalue weighted by atomic mass is 16.7. The summed E-state index contributed by atoms with van der Waals surface area (Å²) in [5, 5.41) is 0. The first-order valence-corrected chi connectivity index (χ1v) is 10.1.